The fourth-order valence-corrected chi connectivity index (χ4v) is 4.29. The highest BCUT2D eigenvalue weighted by atomic mass is 16.5. The van der Waals surface area contributed by atoms with Gasteiger partial charge < -0.3 is 19.4 Å². The van der Waals surface area contributed by atoms with Gasteiger partial charge in [0.2, 0.25) is 0 Å². The minimum Gasteiger partial charge on any atom is -0.493 e. The van der Waals surface area contributed by atoms with Crippen molar-refractivity contribution in [2.75, 3.05) is 25.1 Å². The first-order chi connectivity index (χ1) is 17.2. The molecule has 4 heterocycles. The average Bonchev–Trinajstić information content (AvgIpc) is 3.31. The fraction of sp³-hybridized carbons (Fsp3) is 0.250. The minimum absolute atomic E-state index is 0.315. The van der Waals surface area contributed by atoms with Gasteiger partial charge in [-0.05, 0) is 68.3 Å². The minimum atomic E-state index is -0.401. The zero-order chi connectivity index (χ0) is 24.0. The Bertz CT molecular complexity index is 1360. The number of hydrogen-bond donors (Lipinski definition) is 1. The van der Waals surface area contributed by atoms with Crippen molar-refractivity contribution >= 4 is 28.3 Å². The van der Waals surface area contributed by atoms with Gasteiger partial charge in [-0.1, -0.05) is 6.07 Å². The monoisotopic (exact) mass is 468 g/mol. The molecular formula is C28H28N4O3. The lowest BCUT2D eigenvalue weighted by Crippen LogP contribution is -2.14. The molecule has 1 aliphatic heterocycles. The maximum Gasteiger partial charge on any atom is 0.332 e. The fourth-order valence-electron chi connectivity index (χ4n) is 4.29. The maximum absolute atomic E-state index is 12.3. The number of aromatic nitrogens is 3. The number of nitrogens with one attached hydrogen (secondary N) is 1. The molecule has 0 fully saturated rings. The quantitative estimate of drug-likeness (QED) is 0.294. The number of rotatable bonds is 8. The van der Waals surface area contributed by atoms with E-state index in [1.165, 1.54) is 6.08 Å². The standard InChI is InChI=1S/C28H28N4O3/c1-2-34-28(33)19-27(25-6-3-4-14-30-25)32-16-12-20-18-22(9-11-26(20)32)35-17-13-21-8-10-23-24(31-21)7-5-15-29-23/h3-4,6,8-12,14,16,18-19,29H,2,5,7,13,15,17H2,1H3. The highest BCUT2D eigenvalue weighted by Gasteiger charge is 2.13. The summed E-state index contributed by atoms with van der Waals surface area (Å²) in [5, 5.41) is 4.40. The molecule has 7 nitrogen and oxygen atoms in total. The van der Waals surface area contributed by atoms with E-state index in [4.69, 9.17) is 14.5 Å². The molecule has 0 unspecified atom stereocenters. The summed E-state index contributed by atoms with van der Waals surface area (Å²) in [5.41, 5.74) is 5.63. The molecule has 0 radical (unpaired) electrons. The third-order valence-corrected chi connectivity index (χ3v) is 5.95. The van der Waals surface area contributed by atoms with Gasteiger partial charge in [0.15, 0.2) is 0 Å². The summed E-state index contributed by atoms with van der Waals surface area (Å²) in [6.07, 6.45) is 8.01. The van der Waals surface area contributed by atoms with Crippen LogP contribution in [-0.2, 0) is 22.4 Å². The molecule has 0 atom stereocenters. The van der Waals surface area contributed by atoms with Crippen molar-refractivity contribution in [1.82, 2.24) is 14.5 Å². The number of carbonyl (C=O) groups is 1. The summed E-state index contributed by atoms with van der Waals surface area (Å²) in [4.78, 5) is 21.5. The van der Waals surface area contributed by atoms with Crippen LogP contribution in [0.3, 0.4) is 0 Å². The van der Waals surface area contributed by atoms with Crippen LogP contribution in [0.1, 0.15) is 30.4 Å². The van der Waals surface area contributed by atoms with Crippen LogP contribution in [0.25, 0.3) is 16.6 Å². The third-order valence-electron chi connectivity index (χ3n) is 5.95. The summed E-state index contributed by atoms with van der Waals surface area (Å²) < 4.78 is 13.1. The van der Waals surface area contributed by atoms with Crippen LogP contribution in [-0.4, -0.2) is 40.3 Å². The van der Waals surface area contributed by atoms with E-state index in [9.17, 15) is 4.79 Å². The number of anilines is 1. The average molecular weight is 469 g/mol. The number of ether oxygens (including phenoxy) is 2. The number of pyridine rings is 2. The molecule has 0 aliphatic carbocycles. The Labute approximate surface area is 204 Å². The Morgan fingerprint density at radius 2 is 2.11 bits per heavy atom. The van der Waals surface area contributed by atoms with E-state index in [1.807, 2.05) is 53.2 Å². The Balaban J connectivity index is 1.33. The lowest BCUT2D eigenvalue weighted by atomic mass is 10.1. The first-order valence-corrected chi connectivity index (χ1v) is 12.0. The van der Waals surface area contributed by atoms with Crippen molar-refractivity contribution in [2.45, 2.75) is 26.2 Å². The van der Waals surface area contributed by atoms with Crippen LogP contribution >= 0.6 is 0 Å². The second-order valence-corrected chi connectivity index (χ2v) is 8.33. The van der Waals surface area contributed by atoms with Crippen LogP contribution in [0.5, 0.6) is 5.75 Å². The van der Waals surface area contributed by atoms with E-state index >= 15 is 0 Å². The molecule has 0 bridgehead atoms. The molecule has 0 amide bonds. The molecule has 0 saturated heterocycles. The van der Waals surface area contributed by atoms with Gasteiger partial charge in [0.1, 0.15) is 5.75 Å². The summed E-state index contributed by atoms with van der Waals surface area (Å²) in [6, 6.07) is 17.8. The van der Waals surface area contributed by atoms with Gasteiger partial charge >= 0.3 is 5.97 Å². The van der Waals surface area contributed by atoms with Gasteiger partial charge in [0, 0.05) is 42.5 Å². The summed E-state index contributed by atoms with van der Waals surface area (Å²) in [5.74, 6) is 0.394. The molecular weight excluding hydrogens is 440 g/mol. The Morgan fingerprint density at radius 3 is 2.97 bits per heavy atom. The normalized spacial score (nSPS) is 13.2. The molecule has 4 aromatic rings. The van der Waals surface area contributed by atoms with Gasteiger partial charge in [-0.25, -0.2) is 4.79 Å². The predicted octanol–water partition coefficient (Wildman–Crippen LogP) is 4.86. The lowest BCUT2D eigenvalue weighted by Gasteiger charge is -2.17. The third kappa shape index (κ3) is 5.19. The summed E-state index contributed by atoms with van der Waals surface area (Å²) >= 11 is 0. The lowest BCUT2D eigenvalue weighted by molar-refractivity contribution is -0.137. The van der Waals surface area contributed by atoms with Crippen molar-refractivity contribution in [3.05, 3.63) is 90.1 Å². The van der Waals surface area contributed by atoms with E-state index in [0.717, 1.165) is 59.5 Å². The van der Waals surface area contributed by atoms with E-state index in [0.29, 0.717) is 24.6 Å². The number of esters is 1. The molecule has 0 spiro atoms. The highest BCUT2D eigenvalue weighted by Crippen LogP contribution is 2.27. The van der Waals surface area contributed by atoms with E-state index in [1.54, 1.807) is 13.1 Å². The first kappa shape index (κ1) is 22.7. The van der Waals surface area contributed by atoms with E-state index < -0.39 is 5.97 Å². The molecule has 0 saturated carbocycles. The van der Waals surface area contributed by atoms with E-state index in [2.05, 4.69) is 22.4 Å². The van der Waals surface area contributed by atoms with Crippen molar-refractivity contribution in [3.63, 3.8) is 0 Å². The van der Waals surface area contributed by atoms with Crippen LogP contribution in [0.15, 0.2) is 73.1 Å². The van der Waals surface area contributed by atoms with Crippen molar-refractivity contribution in [3.8, 4) is 5.75 Å². The van der Waals surface area contributed by atoms with Crippen LogP contribution in [0.2, 0.25) is 0 Å². The number of hydrogen-bond acceptors (Lipinski definition) is 6. The van der Waals surface area contributed by atoms with Crippen molar-refractivity contribution in [1.29, 1.82) is 0 Å². The van der Waals surface area contributed by atoms with Crippen molar-refractivity contribution in [2.24, 2.45) is 0 Å². The molecule has 1 N–H and O–H groups in total. The van der Waals surface area contributed by atoms with Crippen LogP contribution in [0.4, 0.5) is 5.69 Å². The van der Waals surface area contributed by atoms with Gasteiger partial charge in [0.25, 0.3) is 0 Å². The first-order valence-electron chi connectivity index (χ1n) is 12.0. The largest absolute Gasteiger partial charge is 0.493 e. The molecule has 5 rings (SSSR count). The number of carbonyl (C=O) groups excluding carboxylic acids is 1. The van der Waals surface area contributed by atoms with Gasteiger partial charge in [-0.3, -0.25) is 9.97 Å². The van der Waals surface area contributed by atoms with Crippen LogP contribution in [0, 0.1) is 0 Å². The number of nitrogens with zero attached hydrogens (tertiary/aromatic N) is 3. The second kappa shape index (κ2) is 10.4. The zero-order valence-corrected chi connectivity index (χ0v) is 19.7. The Hall–Kier alpha value is -4.13. The topological polar surface area (TPSA) is 78.3 Å². The van der Waals surface area contributed by atoms with Crippen molar-refractivity contribution < 1.29 is 14.3 Å². The Morgan fingerprint density at radius 1 is 1.17 bits per heavy atom. The number of fused-ring (bicyclic) bond motifs is 2. The second-order valence-electron chi connectivity index (χ2n) is 8.33. The molecule has 3 aromatic heterocycles. The van der Waals surface area contributed by atoms with E-state index in [-0.39, 0.29) is 0 Å². The molecule has 35 heavy (non-hydrogen) atoms. The summed E-state index contributed by atoms with van der Waals surface area (Å²) in [6.45, 7) is 3.67. The SMILES string of the molecule is CCOC(=O)C=C(c1ccccn1)n1ccc2cc(OCCc3ccc4c(n3)CCCN4)ccc21. The number of aryl methyl sites for hydroxylation is 1. The zero-order valence-electron chi connectivity index (χ0n) is 19.7. The molecule has 178 valence electrons. The van der Waals surface area contributed by atoms with Gasteiger partial charge in [0.05, 0.1) is 41.5 Å². The molecule has 1 aliphatic rings. The van der Waals surface area contributed by atoms with Gasteiger partial charge in [-0.15, -0.1) is 0 Å². The van der Waals surface area contributed by atoms with Gasteiger partial charge in [-0.2, -0.15) is 0 Å². The molecule has 1 aromatic carbocycles. The smallest absolute Gasteiger partial charge is 0.332 e. The predicted molar refractivity (Wildman–Crippen MR) is 136 cm³/mol. The maximum atomic E-state index is 12.3. The summed E-state index contributed by atoms with van der Waals surface area (Å²) in [7, 11) is 0. The highest BCUT2D eigenvalue weighted by molar-refractivity contribution is 5.94. The molecule has 7 heteroatoms. The Kier molecular flexibility index (Phi) is 6.75. The number of benzene rings is 1. The van der Waals surface area contributed by atoms with Crippen LogP contribution < -0.4 is 10.1 Å².